The van der Waals surface area contributed by atoms with Gasteiger partial charge < -0.3 is 0 Å². The molecule has 1 aromatic heterocycles. The molecule has 1 fully saturated rings. The van der Waals surface area contributed by atoms with Gasteiger partial charge in [0, 0.05) is 16.1 Å². The van der Waals surface area contributed by atoms with Gasteiger partial charge in [-0.25, -0.2) is 4.68 Å². The lowest BCUT2D eigenvalue weighted by Gasteiger charge is -2.13. The molecule has 0 bridgehead atoms. The SMILES string of the molecule is O=c1ccc(-c2cccc(Br)c2)nn1C1CCCC1. The molecule has 0 unspecified atom stereocenters. The van der Waals surface area contributed by atoms with Crippen molar-refractivity contribution in [2.24, 2.45) is 0 Å². The molecule has 1 aromatic carbocycles. The molecule has 3 nitrogen and oxygen atoms in total. The van der Waals surface area contributed by atoms with Crippen molar-refractivity contribution in [2.75, 3.05) is 0 Å². The second-order valence-corrected chi connectivity index (χ2v) is 5.87. The third-order valence-electron chi connectivity index (χ3n) is 3.62. The molecule has 1 aliphatic rings. The lowest BCUT2D eigenvalue weighted by molar-refractivity contribution is 0.445. The van der Waals surface area contributed by atoms with E-state index in [4.69, 9.17) is 0 Å². The van der Waals surface area contributed by atoms with E-state index in [0.29, 0.717) is 0 Å². The number of hydrogen-bond acceptors (Lipinski definition) is 2. The van der Waals surface area contributed by atoms with Crippen molar-refractivity contribution in [3.63, 3.8) is 0 Å². The van der Waals surface area contributed by atoms with Gasteiger partial charge in [0.25, 0.3) is 5.56 Å². The zero-order valence-corrected chi connectivity index (χ0v) is 12.1. The molecular formula is C15H15BrN2O. The van der Waals surface area contributed by atoms with Crippen molar-refractivity contribution in [1.29, 1.82) is 0 Å². The smallest absolute Gasteiger partial charge is 0.267 e. The van der Waals surface area contributed by atoms with Crippen LogP contribution in [0, 0.1) is 0 Å². The van der Waals surface area contributed by atoms with Crippen LogP contribution in [0.4, 0.5) is 0 Å². The number of rotatable bonds is 2. The molecule has 0 N–H and O–H groups in total. The first kappa shape index (κ1) is 12.6. The molecule has 1 saturated carbocycles. The Labute approximate surface area is 120 Å². The average Bonchev–Trinajstić information content (AvgIpc) is 2.93. The highest BCUT2D eigenvalue weighted by Gasteiger charge is 2.19. The summed E-state index contributed by atoms with van der Waals surface area (Å²) in [6.07, 6.45) is 4.52. The van der Waals surface area contributed by atoms with Crippen molar-refractivity contribution in [3.05, 3.63) is 51.2 Å². The number of halogens is 1. The Morgan fingerprint density at radius 3 is 2.68 bits per heavy atom. The van der Waals surface area contributed by atoms with Crippen molar-refractivity contribution < 1.29 is 0 Å². The van der Waals surface area contributed by atoms with Gasteiger partial charge in [-0.15, -0.1) is 0 Å². The fourth-order valence-corrected chi connectivity index (χ4v) is 3.04. The first-order valence-corrected chi connectivity index (χ1v) is 7.39. The maximum absolute atomic E-state index is 11.9. The van der Waals surface area contributed by atoms with Gasteiger partial charge in [-0.3, -0.25) is 4.79 Å². The number of hydrogen-bond donors (Lipinski definition) is 0. The summed E-state index contributed by atoms with van der Waals surface area (Å²) < 4.78 is 2.69. The first-order valence-electron chi connectivity index (χ1n) is 6.60. The van der Waals surface area contributed by atoms with Crippen LogP contribution in [0.2, 0.25) is 0 Å². The summed E-state index contributed by atoms with van der Waals surface area (Å²) >= 11 is 3.46. The second kappa shape index (κ2) is 5.29. The van der Waals surface area contributed by atoms with Crippen LogP contribution >= 0.6 is 15.9 Å². The van der Waals surface area contributed by atoms with Crippen LogP contribution in [0.15, 0.2) is 45.7 Å². The van der Waals surface area contributed by atoms with Crippen LogP contribution in [0.1, 0.15) is 31.7 Å². The van der Waals surface area contributed by atoms with Crippen LogP contribution in [-0.2, 0) is 0 Å². The molecule has 1 aliphatic carbocycles. The molecule has 0 spiro atoms. The van der Waals surface area contributed by atoms with Gasteiger partial charge in [0.15, 0.2) is 0 Å². The quantitative estimate of drug-likeness (QED) is 0.844. The van der Waals surface area contributed by atoms with Gasteiger partial charge in [0.05, 0.1) is 11.7 Å². The van der Waals surface area contributed by atoms with E-state index in [9.17, 15) is 4.79 Å². The van der Waals surface area contributed by atoms with E-state index in [1.54, 1.807) is 16.8 Å². The van der Waals surface area contributed by atoms with E-state index in [1.165, 1.54) is 12.8 Å². The molecule has 3 rings (SSSR count). The molecular weight excluding hydrogens is 304 g/mol. The van der Waals surface area contributed by atoms with Gasteiger partial charge in [-0.2, -0.15) is 5.10 Å². The summed E-state index contributed by atoms with van der Waals surface area (Å²) in [6, 6.07) is 11.7. The fourth-order valence-electron chi connectivity index (χ4n) is 2.64. The Balaban J connectivity index is 2.03. The highest BCUT2D eigenvalue weighted by molar-refractivity contribution is 9.10. The van der Waals surface area contributed by atoms with Gasteiger partial charge in [-0.1, -0.05) is 40.9 Å². The van der Waals surface area contributed by atoms with Crippen LogP contribution in [0.3, 0.4) is 0 Å². The van der Waals surface area contributed by atoms with E-state index >= 15 is 0 Å². The summed E-state index contributed by atoms with van der Waals surface area (Å²) in [5, 5.41) is 4.55. The molecule has 2 aromatic rings. The lowest BCUT2D eigenvalue weighted by Crippen LogP contribution is -2.25. The topological polar surface area (TPSA) is 34.9 Å². The van der Waals surface area contributed by atoms with E-state index in [2.05, 4.69) is 21.0 Å². The first-order chi connectivity index (χ1) is 9.24. The number of aromatic nitrogens is 2. The highest BCUT2D eigenvalue weighted by atomic mass is 79.9. The Hall–Kier alpha value is -1.42. The highest BCUT2D eigenvalue weighted by Crippen LogP contribution is 2.28. The molecule has 0 aliphatic heterocycles. The zero-order chi connectivity index (χ0) is 13.2. The summed E-state index contributed by atoms with van der Waals surface area (Å²) in [5.74, 6) is 0. The number of nitrogens with zero attached hydrogens (tertiary/aromatic N) is 2. The van der Waals surface area contributed by atoms with Crippen molar-refractivity contribution in [2.45, 2.75) is 31.7 Å². The van der Waals surface area contributed by atoms with Crippen molar-refractivity contribution in [1.82, 2.24) is 9.78 Å². The van der Waals surface area contributed by atoms with E-state index < -0.39 is 0 Å². The molecule has 19 heavy (non-hydrogen) atoms. The average molecular weight is 319 g/mol. The minimum absolute atomic E-state index is 0.00523. The van der Waals surface area contributed by atoms with Crippen molar-refractivity contribution in [3.8, 4) is 11.3 Å². The zero-order valence-electron chi connectivity index (χ0n) is 10.6. The van der Waals surface area contributed by atoms with E-state index in [0.717, 1.165) is 28.6 Å². The molecule has 4 heteroatoms. The van der Waals surface area contributed by atoms with Crippen LogP contribution < -0.4 is 5.56 Å². The monoisotopic (exact) mass is 318 g/mol. The van der Waals surface area contributed by atoms with E-state index in [-0.39, 0.29) is 11.6 Å². The normalized spacial score (nSPS) is 15.8. The summed E-state index contributed by atoms with van der Waals surface area (Å²) in [6.45, 7) is 0. The standard InChI is InChI=1S/C15H15BrN2O/c16-12-5-3-4-11(10-12)14-8-9-15(19)18(17-14)13-6-1-2-7-13/h3-5,8-10,13H,1-2,6-7H2. The predicted molar refractivity (Wildman–Crippen MR) is 79.1 cm³/mol. The minimum atomic E-state index is 0.00523. The van der Waals surface area contributed by atoms with Crippen LogP contribution in [-0.4, -0.2) is 9.78 Å². The lowest BCUT2D eigenvalue weighted by atomic mass is 10.1. The maximum atomic E-state index is 11.9. The predicted octanol–water partition coefficient (Wildman–Crippen LogP) is 3.79. The third kappa shape index (κ3) is 2.63. The molecule has 0 atom stereocenters. The van der Waals surface area contributed by atoms with Gasteiger partial charge >= 0.3 is 0 Å². The Kier molecular flexibility index (Phi) is 3.51. The molecule has 0 amide bonds. The van der Waals surface area contributed by atoms with Gasteiger partial charge in [-0.05, 0) is 31.0 Å². The van der Waals surface area contributed by atoms with Crippen LogP contribution in [0.5, 0.6) is 0 Å². The summed E-state index contributed by atoms with van der Waals surface area (Å²) in [5.41, 5.74) is 1.89. The Morgan fingerprint density at radius 1 is 1.16 bits per heavy atom. The molecule has 0 saturated heterocycles. The summed E-state index contributed by atoms with van der Waals surface area (Å²) in [7, 11) is 0. The third-order valence-corrected chi connectivity index (χ3v) is 4.11. The Bertz CT molecular complexity index is 645. The molecule has 1 heterocycles. The number of benzene rings is 1. The van der Waals surface area contributed by atoms with Gasteiger partial charge in [0.1, 0.15) is 0 Å². The fraction of sp³-hybridized carbons (Fsp3) is 0.333. The second-order valence-electron chi connectivity index (χ2n) is 4.95. The minimum Gasteiger partial charge on any atom is -0.268 e. The molecule has 0 radical (unpaired) electrons. The van der Waals surface area contributed by atoms with Gasteiger partial charge in [0.2, 0.25) is 0 Å². The maximum Gasteiger partial charge on any atom is 0.267 e. The Morgan fingerprint density at radius 2 is 1.95 bits per heavy atom. The van der Waals surface area contributed by atoms with Crippen molar-refractivity contribution >= 4 is 15.9 Å². The van der Waals surface area contributed by atoms with Crippen LogP contribution in [0.25, 0.3) is 11.3 Å². The largest absolute Gasteiger partial charge is 0.268 e. The summed E-state index contributed by atoms with van der Waals surface area (Å²) in [4.78, 5) is 11.9. The van der Waals surface area contributed by atoms with E-state index in [1.807, 2.05) is 24.3 Å². The molecule has 98 valence electrons.